The molecule has 0 aliphatic carbocycles. The van der Waals surface area contributed by atoms with E-state index in [0.717, 1.165) is 5.56 Å². The number of anilines is 1. The number of hydrogen-bond acceptors (Lipinski definition) is 4. The first kappa shape index (κ1) is 18.7. The number of rotatable bonds is 6. The van der Waals surface area contributed by atoms with Gasteiger partial charge in [-0.3, -0.25) is 14.5 Å². The van der Waals surface area contributed by atoms with E-state index in [-0.39, 0.29) is 23.7 Å². The van der Waals surface area contributed by atoms with Gasteiger partial charge in [0.1, 0.15) is 5.75 Å². The van der Waals surface area contributed by atoms with Gasteiger partial charge in [0.15, 0.2) is 11.5 Å². The topological polar surface area (TPSA) is 66.8 Å². The van der Waals surface area contributed by atoms with Crippen LogP contribution in [0, 0.1) is 5.92 Å². The van der Waals surface area contributed by atoms with Crippen LogP contribution in [-0.4, -0.2) is 23.9 Å². The molecule has 0 spiro atoms. The van der Waals surface area contributed by atoms with Crippen molar-refractivity contribution in [1.82, 2.24) is 0 Å². The number of carbonyl (C=O) groups is 2. The van der Waals surface area contributed by atoms with Gasteiger partial charge in [-0.15, -0.1) is 0 Å². The average Bonchev–Trinajstić information content (AvgIpc) is 2.93. The standard InChI is InChI=1S/C22H23NO4/c1-14(2)13-18(24)19-20(15-9-11-17(27-3)12-10-15)23(22(26)21(19)25)16-7-5-4-6-8-16/h4-12,14,20,25H,13H2,1-3H3. The van der Waals surface area contributed by atoms with Crippen molar-refractivity contribution in [2.24, 2.45) is 5.92 Å². The first-order valence-electron chi connectivity index (χ1n) is 8.93. The summed E-state index contributed by atoms with van der Waals surface area (Å²) >= 11 is 0. The van der Waals surface area contributed by atoms with Gasteiger partial charge in [-0.1, -0.05) is 44.2 Å². The van der Waals surface area contributed by atoms with Gasteiger partial charge in [0.05, 0.1) is 18.7 Å². The van der Waals surface area contributed by atoms with Gasteiger partial charge in [0, 0.05) is 12.1 Å². The van der Waals surface area contributed by atoms with E-state index in [1.165, 1.54) is 4.90 Å². The van der Waals surface area contributed by atoms with Crippen molar-refractivity contribution in [2.75, 3.05) is 12.0 Å². The zero-order valence-electron chi connectivity index (χ0n) is 15.7. The van der Waals surface area contributed by atoms with Crippen molar-refractivity contribution in [3.63, 3.8) is 0 Å². The van der Waals surface area contributed by atoms with Crippen LogP contribution in [0.15, 0.2) is 65.9 Å². The summed E-state index contributed by atoms with van der Waals surface area (Å²) in [5.74, 6) is -0.442. The molecule has 140 valence electrons. The molecule has 1 atom stereocenters. The number of para-hydroxylation sites is 1. The Morgan fingerprint density at radius 1 is 1.11 bits per heavy atom. The first-order valence-corrected chi connectivity index (χ1v) is 8.93. The Morgan fingerprint density at radius 2 is 1.74 bits per heavy atom. The molecule has 5 nitrogen and oxygen atoms in total. The molecule has 0 radical (unpaired) electrons. The number of carbonyl (C=O) groups excluding carboxylic acids is 2. The first-order chi connectivity index (χ1) is 12.9. The van der Waals surface area contributed by atoms with E-state index >= 15 is 0 Å². The SMILES string of the molecule is COc1ccc(C2C(C(=O)CC(C)C)=C(O)C(=O)N2c2ccccc2)cc1. The summed E-state index contributed by atoms with van der Waals surface area (Å²) in [6, 6.07) is 15.6. The molecule has 27 heavy (non-hydrogen) atoms. The van der Waals surface area contributed by atoms with Crippen LogP contribution in [0.4, 0.5) is 5.69 Å². The van der Waals surface area contributed by atoms with E-state index in [1.807, 2.05) is 44.2 Å². The van der Waals surface area contributed by atoms with E-state index < -0.39 is 17.7 Å². The maximum atomic E-state index is 12.9. The average molecular weight is 365 g/mol. The Kier molecular flexibility index (Phi) is 5.31. The molecule has 0 fully saturated rings. The van der Waals surface area contributed by atoms with Gasteiger partial charge in [0.2, 0.25) is 0 Å². The van der Waals surface area contributed by atoms with Crippen LogP contribution in [0.3, 0.4) is 0 Å². The maximum absolute atomic E-state index is 12.9. The molecular weight excluding hydrogens is 342 g/mol. The number of hydrogen-bond donors (Lipinski definition) is 1. The Bertz CT molecular complexity index is 869. The van der Waals surface area contributed by atoms with Crippen LogP contribution >= 0.6 is 0 Å². The van der Waals surface area contributed by atoms with E-state index in [4.69, 9.17) is 4.74 Å². The molecule has 3 rings (SSSR count). The maximum Gasteiger partial charge on any atom is 0.294 e. The van der Waals surface area contributed by atoms with Crippen molar-refractivity contribution in [3.05, 3.63) is 71.5 Å². The summed E-state index contributed by atoms with van der Waals surface area (Å²) in [5.41, 5.74) is 1.52. The molecule has 0 aromatic heterocycles. The third kappa shape index (κ3) is 3.58. The predicted octanol–water partition coefficient (Wildman–Crippen LogP) is 4.21. The zero-order chi connectivity index (χ0) is 19.6. The molecule has 1 heterocycles. The Morgan fingerprint density at radius 3 is 2.30 bits per heavy atom. The fraction of sp³-hybridized carbons (Fsp3) is 0.273. The Labute approximate surface area is 158 Å². The van der Waals surface area contributed by atoms with Crippen LogP contribution in [-0.2, 0) is 9.59 Å². The number of aliphatic hydroxyl groups excluding tert-OH is 1. The fourth-order valence-electron chi connectivity index (χ4n) is 3.33. The minimum Gasteiger partial charge on any atom is -0.503 e. The van der Waals surface area contributed by atoms with Crippen molar-refractivity contribution in [3.8, 4) is 5.75 Å². The largest absolute Gasteiger partial charge is 0.503 e. The smallest absolute Gasteiger partial charge is 0.294 e. The van der Waals surface area contributed by atoms with E-state index in [0.29, 0.717) is 11.4 Å². The molecule has 0 bridgehead atoms. The zero-order valence-corrected chi connectivity index (χ0v) is 15.7. The second kappa shape index (κ2) is 7.66. The molecule has 2 aromatic carbocycles. The highest BCUT2D eigenvalue weighted by molar-refractivity contribution is 6.16. The lowest BCUT2D eigenvalue weighted by atomic mass is 9.92. The summed E-state index contributed by atoms with van der Waals surface area (Å²) in [7, 11) is 1.58. The lowest BCUT2D eigenvalue weighted by Crippen LogP contribution is -2.31. The number of benzene rings is 2. The van der Waals surface area contributed by atoms with E-state index in [1.54, 1.807) is 31.4 Å². The van der Waals surface area contributed by atoms with Crippen LogP contribution in [0.5, 0.6) is 5.75 Å². The molecular formula is C22H23NO4. The number of Topliss-reactive ketones (excluding diaryl/α,β-unsaturated/α-hetero) is 1. The van der Waals surface area contributed by atoms with Crippen LogP contribution in [0.1, 0.15) is 31.9 Å². The fourth-order valence-corrected chi connectivity index (χ4v) is 3.33. The second-order valence-corrected chi connectivity index (χ2v) is 6.97. The van der Waals surface area contributed by atoms with Crippen molar-refractivity contribution >= 4 is 17.4 Å². The normalized spacial score (nSPS) is 17.0. The summed E-state index contributed by atoms with van der Waals surface area (Å²) < 4.78 is 5.20. The number of methoxy groups -OCH3 is 1. The van der Waals surface area contributed by atoms with Gasteiger partial charge in [-0.2, -0.15) is 0 Å². The molecule has 0 saturated heterocycles. The number of ether oxygens (including phenoxy) is 1. The van der Waals surface area contributed by atoms with Gasteiger partial charge >= 0.3 is 0 Å². The molecule has 1 N–H and O–H groups in total. The molecule has 2 aromatic rings. The van der Waals surface area contributed by atoms with Crippen LogP contribution < -0.4 is 9.64 Å². The number of ketones is 1. The second-order valence-electron chi connectivity index (χ2n) is 6.97. The highest BCUT2D eigenvalue weighted by atomic mass is 16.5. The summed E-state index contributed by atoms with van der Waals surface area (Å²) in [6.45, 7) is 3.87. The molecule has 0 saturated carbocycles. The van der Waals surface area contributed by atoms with Gasteiger partial charge in [0.25, 0.3) is 5.91 Å². The van der Waals surface area contributed by atoms with Gasteiger partial charge in [-0.25, -0.2) is 0 Å². The van der Waals surface area contributed by atoms with E-state index in [2.05, 4.69) is 0 Å². The predicted molar refractivity (Wildman–Crippen MR) is 104 cm³/mol. The quantitative estimate of drug-likeness (QED) is 0.833. The van der Waals surface area contributed by atoms with Crippen LogP contribution in [0.25, 0.3) is 0 Å². The van der Waals surface area contributed by atoms with Crippen molar-refractivity contribution in [1.29, 1.82) is 0 Å². The lowest BCUT2D eigenvalue weighted by Gasteiger charge is -2.27. The summed E-state index contributed by atoms with van der Waals surface area (Å²) in [6.07, 6.45) is 0.266. The number of nitrogens with zero attached hydrogens (tertiary/aromatic N) is 1. The molecule has 1 aliphatic heterocycles. The third-order valence-corrected chi connectivity index (χ3v) is 4.57. The molecule has 1 aliphatic rings. The summed E-state index contributed by atoms with van der Waals surface area (Å²) in [4.78, 5) is 27.2. The Balaban J connectivity index is 2.12. The lowest BCUT2D eigenvalue weighted by molar-refractivity contribution is -0.118. The monoisotopic (exact) mass is 365 g/mol. The van der Waals surface area contributed by atoms with Gasteiger partial charge < -0.3 is 9.84 Å². The van der Waals surface area contributed by atoms with Crippen LogP contribution in [0.2, 0.25) is 0 Å². The molecule has 5 heteroatoms. The van der Waals surface area contributed by atoms with Gasteiger partial charge in [-0.05, 0) is 35.7 Å². The highest BCUT2D eigenvalue weighted by Crippen LogP contribution is 2.41. The Hall–Kier alpha value is -3.08. The summed E-state index contributed by atoms with van der Waals surface area (Å²) in [5, 5.41) is 10.5. The van der Waals surface area contributed by atoms with E-state index in [9.17, 15) is 14.7 Å². The third-order valence-electron chi connectivity index (χ3n) is 4.57. The number of aliphatic hydroxyl groups is 1. The molecule has 1 unspecified atom stereocenters. The van der Waals surface area contributed by atoms with Crippen molar-refractivity contribution < 1.29 is 19.4 Å². The molecule has 1 amide bonds. The highest BCUT2D eigenvalue weighted by Gasteiger charge is 2.44. The minimum absolute atomic E-state index is 0.121. The van der Waals surface area contributed by atoms with Crippen molar-refractivity contribution in [2.45, 2.75) is 26.3 Å². The minimum atomic E-state index is -0.669. The number of amides is 1.